The van der Waals surface area contributed by atoms with Gasteiger partial charge in [0.2, 0.25) is 0 Å². The number of phenols is 1. The lowest BCUT2D eigenvalue weighted by atomic mass is 9.52. The fourth-order valence-electron chi connectivity index (χ4n) is 15.5. The molecule has 12 atom stereocenters. The number of aliphatic carboxylic acids is 2. The lowest BCUT2D eigenvalue weighted by Crippen LogP contribution is -2.73. The Hall–Kier alpha value is -4.92. The fraction of sp³-hybridized carbons (Fsp3) is 0.623. The number of phenolic OH excluding ortho intramolecular Hbond substituents is 1. The van der Waals surface area contributed by atoms with Crippen molar-refractivity contribution in [1.82, 2.24) is 10.6 Å². The van der Waals surface area contributed by atoms with Crippen molar-refractivity contribution in [3.05, 3.63) is 123 Å². The second-order valence-electron chi connectivity index (χ2n) is 25.9. The molecular weight excluding hydrogens is 1050 g/mol. The Morgan fingerprint density at radius 2 is 1.57 bits per heavy atom. The number of benzene rings is 3. The monoisotopic (exact) mass is 1140 g/mol. The summed E-state index contributed by atoms with van der Waals surface area (Å²) in [6.45, 7) is 5.32. The number of carbonyl (C=O) groups is 2. The second-order valence-corrected chi connectivity index (χ2v) is 25.9. The Balaban J connectivity index is 1.47. The van der Waals surface area contributed by atoms with Gasteiger partial charge >= 0.3 is 11.9 Å². The third kappa shape index (κ3) is 14.8. The minimum absolute atomic E-state index is 0.0511. The van der Waals surface area contributed by atoms with E-state index in [0.29, 0.717) is 75.4 Å². The van der Waals surface area contributed by atoms with Crippen LogP contribution >= 0.6 is 0 Å². The normalized spacial score (nSPS) is 28.9. The van der Waals surface area contributed by atoms with Crippen LogP contribution in [0.4, 0.5) is 0 Å². The van der Waals surface area contributed by atoms with Gasteiger partial charge in [-0.1, -0.05) is 131 Å². The summed E-state index contributed by atoms with van der Waals surface area (Å²) in [6, 6.07) is 19.3. The number of aryl methyl sites for hydroxylation is 1. The SMILES string of the molecule is CCCCC(O)C(O)C=CC1=C(CC(O)CO)C2CCC(O)C3NC(C)CCC(C(O)Cc4ccc(cc4CC4(C(=O)O)CCCCC4)CC(C(C)(O)C4(c5ccc(O)cc5)CCCCC4)(CC#Cc4ccccc4CC1)N2)C3CC(=O)O. The Bertz CT molecular complexity index is 2770. The summed E-state index contributed by atoms with van der Waals surface area (Å²) in [7, 11) is 0. The molecule has 6 bridgehead atoms. The van der Waals surface area contributed by atoms with Crippen LogP contribution in [0.5, 0.6) is 5.75 Å². The number of hydrogen-bond acceptors (Lipinski definition) is 12. The Kier molecular flexibility index (Phi) is 22.0. The molecule has 4 heterocycles. The van der Waals surface area contributed by atoms with Crippen LogP contribution in [-0.4, -0.2) is 129 Å². The average Bonchev–Trinajstić information content (AvgIpc) is 1.71. The summed E-state index contributed by atoms with van der Waals surface area (Å²) in [6.07, 6.45) is 8.85. The first kappa shape index (κ1) is 64.1. The number of rotatable bonds is 17. The van der Waals surface area contributed by atoms with Gasteiger partial charge in [0.15, 0.2) is 0 Å². The van der Waals surface area contributed by atoms with Gasteiger partial charge < -0.3 is 61.7 Å². The summed E-state index contributed by atoms with van der Waals surface area (Å²) in [5.41, 5.74) is 0.957. The molecule has 3 aromatic rings. The Morgan fingerprint density at radius 1 is 0.855 bits per heavy atom. The number of fused-ring (bicyclic) bond motifs is 6. The summed E-state index contributed by atoms with van der Waals surface area (Å²) >= 11 is 0. The van der Waals surface area contributed by atoms with E-state index >= 15 is 0 Å². The zero-order chi connectivity index (χ0) is 59.5. The van der Waals surface area contributed by atoms with Gasteiger partial charge in [-0.15, -0.1) is 0 Å². The summed E-state index contributed by atoms with van der Waals surface area (Å²) < 4.78 is 0. The van der Waals surface area contributed by atoms with Crippen LogP contribution in [0.3, 0.4) is 0 Å². The number of aliphatic hydroxyl groups is 7. The van der Waals surface area contributed by atoms with Crippen molar-refractivity contribution in [3.8, 4) is 17.6 Å². The Labute approximate surface area is 492 Å². The van der Waals surface area contributed by atoms with Crippen molar-refractivity contribution >= 4 is 11.9 Å². The smallest absolute Gasteiger partial charge is 0.309 e. The maximum Gasteiger partial charge on any atom is 0.309 e. The highest BCUT2D eigenvalue weighted by Gasteiger charge is 2.61. The zero-order valence-electron chi connectivity index (χ0n) is 49.5. The average molecular weight is 1150 g/mol. The summed E-state index contributed by atoms with van der Waals surface area (Å²) in [4.78, 5) is 26.7. The van der Waals surface area contributed by atoms with Crippen LogP contribution in [-0.2, 0) is 40.7 Å². The predicted molar refractivity (Wildman–Crippen MR) is 322 cm³/mol. The van der Waals surface area contributed by atoms with Gasteiger partial charge in [-0.2, -0.15) is 0 Å². The molecule has 14 nitrogen and oxygen atoms in total. The molecule has 2 saturated carbocycles. The summed E-state index contributed by atoms with van der Waals surface area (Å²) in [5.74, 6) is 4.03. The molecule has 12 N–H and O–H groups in total. The van der Waals surface area contributed by atoms with E-state index in [9.17, 15) is 60.7 Å². The minimum Gasteiger partial charge on any atom is -0.508 e. The van der Waals surface area contributed by atoms with Gasteiger partial charge in [-0.25, -0.2) is 0 Å². The van der Waals surface area contributed by atoms with E-state index in [2.05, 4.69) is 28.5 Å². The van der Waals surface area contributed by atoms with E-state index in [-0.39, 0.29) is 63.2 Å². The molecule has 0 aromatic heterocycles. The van der Waals surface area contributed by atoms with Gasteiger partial charge in [0.05, 0.1) is 60.1 Å². The highest BCUT2D eigenvalue weighted by molar-refractivity contribution is 5.75. The molecule has 0 spiro atoms. The first-order valence-electron chi connectivity index (χ1n) is 31.3. The van der Waals surface area contributed by atoms with Gasteiger partial charge in [0.25, 0.3) is 0 Å². The first-order chi connectivity index (χ1) is 39.7. The van der Waals surface area contributed by atoms with Crippen molar-refractivity contribution < 1.29 is 60.7 Å². The van der Waals surface area contributed by atoms with E-state index in [0.717, 1.165) is 78.3 Å². The largest absolute Gasteiger partial charge is 0.508 e. The van der Waals surface area contributed by atoms with Gasteiger partial charge in [0.1, 0.15) is 5.75 Å². The molecule has 83 heavy (non-hydrogen) atoms. The molecule has 12 unspecified atom stereocenters. The summed E-state index contributed by atoms with van der Waals surface area (Å²) in [5, 5.41) is 126. The molecule has 2 aliphatic carbocycles. The highest BCUT2D eigenvalue weighted by Crippen LogP contribution is 2.54. The van der Waals surface area contributed by atoms with Gasteiger partial charge in [0, 0.05) is 35.5 Å². The second kappa shape index (κ2) is 28.5. The van der Waals surface area contributed by atoms with Crippen molar-refractivity contribution in [2.24, 2.45) is 17.3 Å². The van der Waals surface area contributed by atoms with Crippen molar-refractivity contribution in [1.29, 1.82) is 0 Å². The number of aromatic hydroxyl groups is 1. The van der Waals surface area contributed by atoms with E-state index in [1.807, 2.05) is 75.4 Å². The molecule has 1 saturated heterocycles. The molecule has 9 rings (SSSR count). The van der Waals surface area contributed by atoms with Crippen LogP contribution < -0.4 is 10.6 Å². The fourth-order valence-corrected chi connectivity index (χ4v) is 15.5. The third-order valence-corrected chi connectivity index (χ3v) is 20.5. The van der Waals surface area contributed by atoms with Crippen LogP contribution in [0, 0.1) is 29.1 Å². The number of nitrogens with one attached hydrogen (secondary N) is 2. The number of aliphatic hydroxyl groups excluding tert-OH is 6. The molecular formula is C69H96N2O12. The van der Waals surface area contributed by atoms with Crippen molar-refractivity contribution in [3.63, 3.8) is 0 Å². The maximum absolute atomic E-state index is 14.8. The number of carboxylic acids is 2. The quantitative estimate of drug-likeness (QED) is 0.0565. The first-order valence-corrected chi connectivity index (χ1v) is 31.3. The van der Waals surface area contributed by atoms with Gasteiger partial charge in [-0.3, -0.25) is 9.59 Å². The third-order valence-electron chi connectivity index (χ3n) is 20.5. The maximum atomic E-state index is 14.8. The van der Waals surface area contributed by atoms with Crippen LogP contribution in [0.25, 0.3) is 0 Å². The predicted octanol–water partition coefficient (Wildman–Crippen LogP) is 8.66. The van der Waals surface area contributed by atoms with E-state index in [1.54, 1.807) is 18.2 Å². The zero-order valence-corrected chi connectivity index (χ0v) is 49.5. The molecule has 14 heteroatoms. The van der Waals surface area contributed by atoms with Crippen molar-refractivity contribution in [2.45, 2.75) is 246 Å². The van der Waals surface area contributed by atoms with Crippen LogP contribution in [0.15, 0.2) is 90.0 Å². The van der Waals surface area contributed by atoms with Crippen LogP contribution in [0.1, 0.15) is 189 Å². The number of allylic oxidation sites excluding steroid dienone is 2. The van der Waals surface area contributed by atoms with Crippen molar-refractivity contribution in [2.75, 3.05) is 6.61 Å². The van der Waals surface area contributed by atoms with E-state index in [1.165, 1.54) is 0 Å². The minimum atomic E-state index is -1.74. The van der Waals surface area contributed by atoms with Gasteiger partial charge in [-0.05, 0) is 179 Å². The molecule has 4 aliphatic heterocycles. The van der Waals surface area contributed by atoms with E-state index < -0.39 is 95.0 Å². The topological polar surface area (TPSA) is 260 Å². The molecule has 3 aromatic carbocycles. The number of carboxylic acid groups (broad SMARTS) is 2. The number of hydrogen-bond donors (Lipinski definition) is 12. The Morgan fingerprint density at radius 3 is 2.25 bits per heavy atom. The lowest BCUT2D eigenvalue weighted by Gasteiger charge is -2.59. The lowest BCUT2D eigenvalue weighted by molar-refractivity contribution is -0.151. The molecule has 454 valence electrons. The molecule has 3 fully saturated rings. The number of unbranched alkanes of at least 4 members (excludes halogenated alkanes) is 1. The standard InChI is InChI=1S/C69H96N2O12/c1-4-5-18-59(75)60(76)31-24-49-23-22-48-16-9-8-15-47(48)17-14-37-69(66(3,83)68(35-12-7-13-36-68)52-25-27-53(73)28-26-52)42-46-20-21-50(51(38-46)43-67(65(81)82)33-10-6-11-34-67)39-62(78)55-29-19-45(2)70-64(57(55)41-63(79)80)61(77)32-30-58(71-69)56(49)40-54(74)44-72/h8-9,15-16,20-21,24-28,31,38,45,54-55,57-62,64,70-78,83H,4-7,10-13,18-19,22-23,29-30,32-37,39-44H2,1-3H3,(H,79,80)(H,81,82). The molecule has 6 aliphatic rings. The molecule has 0 radical (unpaired) electrons. The highest BCUT2D eigenvalue weighted by atomic mass is 16.4. The molecule has 0 amide bonds. The van der Waals surface area contributed by atoms with E-state index in [4.69, 9.17) is 0 Å². The van der Waals surface area contributed by atoms with Crippen LogP contribution in [0.2, 0.25) is 0 Å².